The van der Waals surface area contributed by atoms with Crippen LogP contribution in [0, 0.1) is 5.41 Å². The Labute approximate surface area is 161 Å². The molecule has 2 saturated heterocycles. The van der Waals surface area contributed by atoms with E-state index in [1.54, 1.807) is 6.33 Å². The molecule has 1 aliphatic carbocycles. The molecule has 5 rings (SSSR count). The zero-order valence-corrected chi connectivity index (χ0v) is 16.1. The van der Waals surface area contributed by atoms with Crippen LogP contribution in [0.4, 0.5) is 5.69 Å². The van der Waals surface area contributed by atoms with Crippen molar-refractivity contribution in [3.63, 3.8) is 0 Å². The van der Waals surface area contributed by atoms with Gasteiger partial charge < -0.3 is 9.80 Å². The maximum absolute atomic E-state index is 4.64. The highest BCUT2D eigenvalue weighted by Gasteiger charge is 2.39. The molecule has 1 saturated carbocycles. The van der Waals surface area contributed by atoms with Crippen molar-refractivity contribution in [3.05, 3.63) is 37.1 Å². The number of likely N-dealkylation sites (tertiary alicyclic amines) is 1. The summed E-state index contributed by atoms with van der Waals surface area (Å²) >= 11 is 0. The summed E-state index contributed by atoms with van der Waals surface area (Å²) in [4.78, 5) is 18.1. The van der Waals surface area contributed by atoms with Crippen molar-refractivity contribution in [2.24, 2.45) is 5.41 Å². The molecule has 3 aliphatic rings. The second kappa shape index (κ2) is 7.19. The van der Waals surface area contributed by atoms with E-state index in [2.05, 4.69) is 36.9 Å². The van der Waals surface area contributed by atoms with Gasteiger partial charge >= 0.3 is 0 Å². The molecule has 0 bridgehead atoms. The van der Waals surface area contributed by atoms with Crippen LogP contribution in [0.5, 0.6) is 0 Å². The summed E-state index contributed by atoms with van der Waals surface area (Å²) in [6, 6.07) is 5.21. The number of aromatic nitrogens is 3. The SMILES string of the molecule is c1ncc(-c2ccc(N3CCC4(CC3)CCN(C3CCC3)CC4)cn2)cn1. The highest BCUT2D eigenvalue weighted by atomic mass is 15.2. The first-order valence-corrected chi connectivity index (χ1v) is 10.5. The van der Waals surface area contributed by atoms with E-state index in [4.69, 9.17) is 0 Å². The molecule has 2 aromatic rings. The highest BCUT2D eigenvalue weighted by molar-refractivity contribution is 5.59. The van der Waals surface area contributed by atoms with Crippen molar-refractivity contribution < 1.29 is 0 Å². The molecule has 5 heteroatoms. The third-order valence-electron chi connectivity index (χ3n) is 7.24. The van der Waals surface area contributed by atoms with Crippen molar-refractivity contribution in [2.75, 3.05) is 31.1 Å². The zero-order chi connectivity index (χ0) is 18.1. The number of hydrogen-bond acceptors (Lipinski definition) is 5. The van der Waals surface area contributed by atoms with Gasteiger partial charge in [-0.15, -0.1) is 0 Å². The van der Waals surface area contributed by atoms with Gasteiger partial charge in [-0.1, -0.05) is 6.42 Å². The van der Waals surface area contributed by atoms with E-state index in [0.29, 0.717) is 5.41 Å². The van der Waals surface area contributed by atoms with E-state index >= 15 is 0 Å². The first-order chi connectivity index (χ1) is 13.3. The first kappa shape index (κ1) is 17.1. The Morgan fingerprint density at radius 2 is 1.56 bits per heavy atom. The van der Waals surface area contributed by atoms with Crippen LogP contribution in [0.3, 0.4) is 0 Å². The maximum Gasteiger partial charge on any atom is 0.115 e. The molecule has 0 aromatic carbocycles. The van der Waals surface area contributed by atoms with Gasteiger partial charge in [-0.3, -0.25) is 4.98 Å². The lowest BCUT2D eigenvalue weighted by Crippen LogP contribution is -2.50. The molecule has 5 nitrogen and oxygen atoms in total. The molecule has 1 spiro atoms. The van der Waals surface area contributed by atoms with Crippen molar-refractivity contribution in [1.29, 1.82) is 0 Å². The molecule has 0 radical (unpaired) electrons. The van der Waals surface area contributed by atoms with Crippen molar-refractivity contribution in [3.8, 4) is 11.3 Å². The Hall–Kier alpha value is -2.01. The molecule has 0 atom stereocenters. The Bertz CT molecular complexity index is 738. The molecule has 0 unspecified atom stereocenters. The van der Waals surface area contributed by atoms with Crippen LogP contribution in [0.25, 0.3) is 11.3 Å². The summed E-state index contributed by atoms with van der Waals surface area (Å²) in [6.45, 7) is 5.00. The van der Waals surface area contributed by atoms with Crippen molar-refractivity contribution in [1.82, 2.24) is 19.9 Å². The second-order valence-electron chi connectivity index (χ2n) is 8.64. The van der Waals surface area contributed by atoms with Crippen LogP contribution in [0.1, 0.15) is 44.9 Å². The Kier molecular flexibility index (Phi) is 4.56. The molecule has 2 aliphatic heterocycles. The molecule has 3 fully saturated rings. The Balaban J connectivity index is 1.18. The lowest BCUT2D eigenvalue weighted by Gasteiger charge is -2.50. The summed E-state index contributed by atoms with van der Waals surface area (Å²) < 4.78 is 0. The van der Waals surface area contributed by atoms with Gasteiger partial charge in [0.05, 0.1) is 17.6 Å². The summed E-state index contributed by atoms with van der Waals surface area (Å²) in [6.07, 6.45) is 17.0. The van der Waals surface area contributed by atoms with Gasteiger partial charge in [-0.25, -0.2) is 9.97 Å². The van der Waals surface area contributed by atoms with Crippen molar-refractivity contribution in [2.45, 2.75) is 51.0 Å². The second-order valence-corrected chi connectivity index (χ2v) is 8.64. The van der Waals surface area contributed by atoms with Crippen molar-refractivity contribution >= 4 is 5.69 Å². The number of nitrogens with zero attached hydrogens (tertiary/aromatic N) is 5. The van der Waals surface area contributed by atoms with Crippen LogP contribution in [-0.4, -0.2) is 52.1 Å². The van der Waals surface area contributed by atoms with E-state index in [9.17, 15) is 0 Å². The highest BCUT2D eigenvalue weighted by Crippen LogP contribution is 2.43. The van der Waals surface area contributed by atoms with Gasteiger partial charge in [-0.05, 0) is 69.2 Å². The average Bonchev–Trinajstić information content (AvgIpc) is 2.70. The zero-order valence-electron chi connectivity index (χ0n) is 16.1. The summed E-state index contributed by atoms with van der Waals surface area (Å²) in [7, 11) is 0. The van der Waals surface area contributed by atoms with Gasteiger partial charge in [0.2, 0.25) is 0 Å². The van der Waals surface area contributed by atoms with E-state index < -0.39 is 0 Å². The van der Waals surface area contributed by atoms with Gasteiger partial charge in [-0.2, -0.15) is 0 Å². The smallest absolute Gasteiger partial charge is 0.115 e. The van der Waals surface area contributed by atoms with Gasteiger partial charge in [0.15, 0.2) is 0 Å². The molecule has 2 aromatic heterocycles. The third-order valence-corrected chi connectivity index (χ3v) is 7.24. The summed E-state index contributed by atoms with van der Waals surface area (Å²) in [5.41, 5.74) is 3.76. The quantitative estimate of drug-likeness (QED) is 0.830. The number of anilines is 1. The van der Waals surface area contributed by atoms with Crippen LogP contribution >= 0.6 is 0 Å². The average molecular weight is 364 g/mol. The van der Waals surface area contributed by atoms with Crippen LogP contribution in [-0.2, 0) is 0 Å². The number of piperidine rings is 2. The molecular weight excluding hydrogens is 334 g/mol. The summed E-state index contributed by atoms with van der Waals surface area (Å²) in [5.74, 6) is 0. The standard InChI is InChI=1S/C22H29N5/c1-2-19(3-1)26-10-6-22(7-11-26)8-12-27(13-9-22)20-4-5-21(25-16-20)18-14-23-17-24-15-18/h4-5,14-17,19H,1-3,6-13H2. The fourth-order valence-corrected chi connectivity index (χ4v) is 5.03. The normalized spacial score (nSPS) is 23.3. The van der Waals surface area contributed by atoms with E-state index in [-0.39, 0.29) is 0 Å². The monoisotopic (exact) mass is 363 g/mol. The molecule has 142 valence electrons. The van der Waals surface area contributed by atoms with Gasteiger partial charge in [0.1, 0.15) is 6.33 Å². The molecule has 0 amide bonds. The molecule has 0 N–H and O–H groups in total. The minimum absolute atomic E-state index is 0.603. The number of hydrogen-bond donors (Lipinski definition) is 0. The maximum atomic E-state index is 4.64. The lowest BCUT2D eigenvalue weighted by molar-refractivity contribution is 0.0306. The molecule has 27 heavy (non-hydrogen) atoms. The van der Waals surface area contributed by atoms with E-state index in [0.717, 1.165) is 17.3 Å². The lowest BCUT2D eigenvalue weighted by atomic mass is 9.70. The summed E-state index contributed by atoms with van der Waals surface area (Å²) in [5, 5.41) is 0. The topological polar surface area (TPSA) is 45.2 Å². The van der Waals surface area contributed by atoms with E-state index in [1.165, 1.54) is 76.8 Å². The fourth-order valence-electron chi connectivity index (χ4n) is 5.03. The molecule has 4 heterocycles. The first-order valence-electron chi connectivity index (χ1n) is 10.5. The van der Waals surface area contributed by atoms with Gasteiger partial charge in [0.25, 0.3) is 0 Å². The predicted octanol–water partition coefficient (Wildman–Crippen LogP) is 3.77. The third kappa shape index (κ3) is 3.45. The minimum atomic E-state index is 0.603. The van der Waals surface area contributed by atoms with Crippen LogP contribution in [0.15, 0.2) is 37.1 Å². The number of pyridine rings is 1. The van der Waals surface area contributed by atoms with Gasteiger partial charge in [0, 0.05) is 37.1 Å². The minimum Gasteiger partial charge on any atom is -0.370 e. The molecular formula is C22H29N5. The van der Waals surface area contributed by atoms with Crippen LogP contribution < -0.4 is 4.90 Å². The Morgan fingerprint density at radius 3 is 2.15 bits per heavy atom. The predicted molar refractivity (Wildman–Crippen MR) is 108 cm³/mol. The van der Waals surface area contributed by atoms with E-state index in [1.807, 2.05) is 18.6 Å². The fraction of sp³-hybridized carbons (Fsp3) is 0.591. The van der Waals surface area contributed by atoms with Crippen LogP contribution in [0.2, 0.25) is 0 Å². The largest absolute Gasteiger partial charge is 0.370 e. The number of rotatable bonds is 3. The Morgan fingerprint density at radius 1 is 0.852 bits per heavy atom.